The van der Waals surface area contributed by atoms with E-state index in [0.29, 0.717) is 5.69 Å². The molecule has 0 aromatic carbocycles. The third-order valence-corrected chi connectivity index (χ3v) is 1.90. The molecular formula is C9H7F2N3O. The van der Waals surface area contributed by atoms with E-state index in [1.165, 1.54) is 12.4 Å². The molecule has 0 aliphatic rings. The number of alkyl halides is 2. The third-order valence-electron chi connectivity index (χ3n) is 1.90. The highest BCUT2D eigenvalue weighted by Crippen LogP contribution is 2.14. The summed E-state index contributed by atoms with van der Waals surface area (Å²) in [5.74, 6) is 0. The quantitative estimate of drug-likeness (QED) is 0.818. The van der Waals surface area contributed by atoms with Crippen LogP contribution in [0.2, 0.25) is 0 Å². The van der Waals surface area contributed by atoms with Gasteiger partial charge in [0.25, 0.3) is 12.0 Å². The van der Waals surface area contributed by atoms with Gasteiger partial charge < -0.3 is 0 Å². The van der Waals surface area contributed by atoms with Gasteiger partial charge in [0.2, 0.25) is 0 Å². The molecule has 2 heterocycles. The normalized spacial score (nSPS) is 10.9. The minimum Gasteiger partial charge on any atom is -0.289 e. The average molecular weight is 211 g/mol. The Bertz CT molecular complexity index is 504. The van der Waals surface area contributed by atoms with Crippen LogP contribution in [0.5, 0.6) is 0 Å². The second kappa shape index (κ2) is 3.64. The number of hydrogen-bond donors (Lipinski definition) is 1. The first-order valence-corrected chi connectivity index (χ1v) is 4.19. The lowest BCUT2D eigenvalue weighted by molar-refractivity contribution is 0.145. The molecule has 2 aromatic rings. The maximum atomic E-state index is 12.3. The molecule has 0 atom stereocenters. The van der Waals surface area contributed by atoms with Crippen LogP contribution in [0.15, 0.2) is 35.4 Å². The molecule has 78 valence electrons. The Morgan fingerprint density at radius 2 is 2.00 bits per heavy atom. The van der Waals surface area contributed by atoms with Gasteiger partial charge in [-0.25, -0.2) is 13.5 Å². The maximum absolute atomic E-state index is 12.3. The van der Waals surface area contributed by atoms with Crippen molar-refractivity contribution < 1.29 is 8.78 Å². The van der Waals surface area contributed by atoms with Crippen molar-refractivity contribution >= 4 is 0 Å². The summed E-state index contributed by atoms with van der Waals surface area (Å²) in [5.41, 5.74) is -0.435. The first-order chi connectivity index (χ1) is 7.18. The Morgan fingerprint density at radius 1 is 1.33 bits per heavy atom. The van der Waals surface area contributed by atoms with Crippen LogP contribution in [0.1, 0.15) is 12.1 Å². The Hall–Kier alpha value is -1.98. The zero-order valence-corrected chi connectivity index (χ0v) is 7.52. The van der Waals surface area contributed by atoms with Crippen molar-refractivity contribution in [3.05, 3.63) is 46.6 Å². The number of rotatable bonds is 2. The molecule has 0 aliphatic heterocycles. The zero-order chi connectivity index (χ0) is 10.8. The summed E-state index contributed by atoms with van der Waals surface area (Å²) in [7, 11) is 0. The summed E-state index contributed by atoms with van der Waals surface area (Å²) >= 11 is 0. The number of H-pyrrole nitrogens is 1. The molecule has 1 N–H and O–H groups in total. The highest BCUT2D eigenvalue weighted by Gasteiger charge is 2.12. The number of nitrogens with zero attached hydrogens (tertiary/aromatic N) is 2. The number of nitrogens with one attached hydrogen (secondary N) is 1. The van der Waals surface area contributed by atoms with E-state index in [1.807, 2.05) is 0 Å². The SMILES string of the molecule is O=c1cc(C(F)F)[nH]n1-c1ccncc1. The lowest BCUT2D eigenvalue weighted by Crippen LogP contribution is -2.13. The van der Waals surface area contributed by atoms with Crippen LogP contribution in [0.4, 0.5) is 8.78 Å². The largest absolute Gasteiger partial charge is 0.289 e. The number of halogens is 2. The fraction of sp³-hybridized carbons (Fsp3) is 0.111. The summed E-state index contributed by atoms with van der Waals surface area (Å²) in [6.07, 6.45) is 0.274. The first-order valence-electron chi connectivity index (χ1n) is 4.19. The highest BCUT2D eigenvalue weighted by molar-refractivity contribution is 5.28. The van der Waals surface area contributed by atoms with Crippen LogP contribution in [-0.4, -0.2) is 14.8 Å². The van der Waals surface area contributed by atoms with Crippen molar-refractivity contribution in [2.45, 2.75) is 6.43 Å². The van der Waals surface area contributed by atoms with Crippen molar-refractivity contribution in [2.75, 3.05) is 0 Å². The molecule has 2 aromatic heterocycles. The first kappa shape index (κ1) is 9.57. The molecular weight excluding hydrogens is 204 g/mol. The Balaban J connectivity index is 2.50. The minimum atomic E-state index is -2.68. The molecule has 0 amide bonds. The fourth-order valence-corrected chi connectivity index (χ4v) is 1.21. The van der Waals surface area contributed by atoms with Crippen LogP contribution in [-0.2, 0) is 0 Å². The number of aromatic nitrogens is 3. The summed E-state index contributed by atoms with van der Waals surface area (Å²) in [4.78, 5) is 15.1. The second-order valence-corrected chi connectivity index (χ2v) is 2.89. The molecule has 0 unspecified atom stereocenters. The van der Waals surface area contributed by atoms with E-state index in [1.54, 1.807) is 12.1 Å². The molecule has 0 saturated heterocycles. The molecule has 15 heavy (non-hydrogen) atoms. The average Bonchev–Trinajstić information content (AvgIpc) is 2.62. The van der Waals surface area contributed by atoms with Crippen molar-refractivity contribution in [3.8, 4) is 5.69 Å². The van der Waals surface area contributed by atoms with Crippen molar-refractivity contribution in [3.63, 3.8) is 0 Å². The van der Waals surface area contributed by atoms with Gasteiger partial charge in [0.1, 0.15) is 5.69 Å². The van der Waals surface area contributed by atoms with Crippen molar-refractivity contribution in [1.82, 2.24) is 14.8 Å². The van der Waals surface area contributed by atoms with Gasteiger partial charge in [0, 0.05) is 18.5 Å². The summed E-state index contributed by atoms with van der Waals surface area (Å²) in [5, 5.41) is 2.32. The standard InChI is InChI=1S/C9H7F2N3O/c10-9(11)7-5-8(15)14(13-7)6-1-3-12-4-2-6/h1-5,9,13H. The summed E-state index contributed by atoms with van der Waals surface area (Å²) in [6, 6.07) is 3.98. The Morgan fingerprint density at radius 3 is 2.53 bits per heavy atom. The molecule has 2 rings (SSSR count). The van der Waals surface area contributed by atoms with E-state index in [4.69, 9.17) is 0 Å². The second-order valence-electron chi connectivity index (χ2n) is 2.89. The maximum Gasteiger partial charge on any atom is 0.279 e. The van der Waals surface area contributed by atoms with Gasteiger partial charge in [0.15, 0.2) is 0 Å². The van der Waals surface area contributed by atoms with E-state index in [-0.39, 0.29) is 0 Å². The van der Waals surface area contributed by atoms with Crippen LogP contribution in [0, 0.1) is 0 Å². The van der Waals surface area contributed by atoms with Gasteiger partial charge in [-0.3, -0.25) is 14.9 Å². The number of hydrogen-bond acceptors (Lipinski definition) is 2. The van der Waals surface area contributed by atoms with Crippen LogP contribution in [0.25, 0.3) is 5.69 Å². The number of aromatic amines is 1. The van der Waals surface area contributed by atoms with Gasteiger partial charge in [-0.1, -0.05) is 0 Å². The van der Waals surface area contributed by atoms with Crippen LogP contribution >= 0.6 is 0 Å². The smallest absolute Gasteiger partial charge is 0.279 e. The van der Waals surface area contributed by atoms with Gasteiger partial charge in [-0.15, -0.1) is 0 Å². The monoisotopic (exact) mass is 211 g/mol. The minimum absolute atomic E-state index is 0.392. The Kier molecular flexibility index (Phi) is 2.32. The van der Waals surface area contributed by atoms with Crippen molar-refractivity contribution in [2.24, 2.45) is 0 Å². The van der Waals surface area contributed by atoms with Gasteiger partial charge in [-0.05, 0) is 12.1 Å². The fourth-order valence-electron chi connectivity index (χ4n) is 1.21. The van der Waals surface area contributed by atoms with Crippen LogP contribution in [0.3, 0.4) is 0 Å². The molecule has 0 bridgehead atoms. The number of pyridine rings is 1. The predicted molar refractivity (Wildman–Crippen MR) is 49.1 cm³/mol. The van der Waals surface area contributed by atoms with Gasteiger partial charge >= 0.3 is 0 Å². The molecule has 0 spiro atoms. The van der Waals surface area contributed by atoms with E-state index < -0.39 is 17.7 Å². The lowest BCUT2D eigenvalue weighted by Gasteiger charge is -2.00. The lowest BCUT2D eigenvalue weighted by atomic mass is 10.4. The molecule has 0 aliphatic carbocycles. The molecule has 0 fully saturated rings. The molecule has 6 heteroatoms. The van der Waals surface area contributed by atoms with E-state index in [0.717, 1.165) is 10.7 Å². The summed E-state index contributed by atoms with van der Waals surface area (Å²) < 4.78 is 25.6. The van der Waals surface area contributed by atoms with Gasteiger partial charge in [-0.2, -0.15) is 0 Å². The Labute approximate surface area is 83.2 Å². The predicted octanol–water partition coefficient (Wildman–Crippen LogP) is 1.50. The molecule has 4 nitrogen and oxygen atoms in total. The molecule has 0 radical (unpaired) electrons. The van der Waals surface area contributed by atoms with E-state index in [2.05, 4.69) is 10.1 Å². The van der Waals surface area contributed by atoms with Crippen molar-refractivity contribution in [1.29, 1.82) is 0 Å². The third kappa shape index (κ3) is 1.78. The molecule has 0 saturated carbocycles. The van der Waals surface area contributed by atoms with Crippen LogP contribution < -0.4 is 5.56 Å². The zero-order valence-electron chi connectivity index (χ0n) is 7.52. The van der Waals surface area contributed by atoms with Gasteiger partial charge in [0.05, 0.1) is 5.69 Å². The van der Waals surface area contributed by atoms with E-state index in [9.17, 15) is 13.6 Å². The van der Waals surface area contributed by atoms with E-state index >= 15 is 0 Å². The highest BCUT2D eigenvalue weighted by atomic mass is 19.3. The topological polar surface area (TPSA) is 50.7 Å². The summed E-state index contributed by atoms with van der Waals surface area (Å²) in [6.45, 7) is 0.